The number of carbonyl (C=O) groups is 4. The Morgan fingerprint density at radius 3 is 2.50 bits per heavy atom. The third-order valence-electron chi connectivity index (χ3n) is 5.68. The second-order valence-electron chi connectivity index (χ2n) is 7.65. The van der Waals surface area contributed by atoms with Crippen LogP contribution in [0.2, 0.25) is 0 Å². The smallest absolute Gasteiger partial charge is 0.226 e. The van der Waals surface area contributed by atoms with Gasteiger partial charge in [0.25, 0.3) is 0 Å². The molecule has 6 nitrogen and oxygen atoms in total. The second-order valence-corrected chi connectivity index (χ2v) is 7.65. The van der Waals surface area contributed by atoms with Crippen LogP contribution in [0.15, 0.2) is 11.1 Å². The first-order valence-corrected chi connectivity index (χ1v) is 8.61. The SMILES string of the molecule is CC(=O)C1CCCC2=C(C(=O)[C@H](CC(N)=O)NC(=O)C3(C)CC3)C21. The number of ketones is 2. The molecule has 3 N–H and O–H groups in total. The summed E-state index contributed by atoms with van der Waals surface area (Å²) in [5, 5.41) is 2.72. The van der Waals surface area contributed by atoms with E-state index in [-0.39, 0.29) is 35.7 Å². The van der Waals surface area contributed by atoms with Crippen molar-refractivity contribution in [3.63, 3.8) is 0 Å². The number of amides is 2. The third-order valence-corrected chi connectivity index (χ3v) is 5.68. The van der Waals surface area contributed by atoms with Gasteiger partial charge in [-0.1, -0.05) is 12.5 Å². The van der Waals surface area contributed by atoms with Crippen molar-refractivity contribution in [2.24, 2.45) is 23.0 Å². The highest BCUT2D eigenvalue weighted by molar-refractivity contribution is 6.09. The van der Waals surface area contributed by atoms with Crippen LogP contribution in [-0.2, 0) is 19.2 Å². The Morgan fingerprint density at radius 1 is 1.29 bits per heavy atom. The Morgan fingerprint density at radius 2 is 1.96 bits per heavy atom. The van der Waals surface area contributed by atoms with Gasteiger partial charge in [0, 0.05) is 22.8 Å². The number of fused-ring (bicyclic) bond motifs is 1. The molecule has 0 spiro atoms. The van der Waals surface area contributed by atoms with Crippen molar-refractivity contribution in [2.45, 2.75) is 58.4 Å². The van der Waals surface area contributed by atoms with Crippen LogP contribution >= 0.6 is 0 Å². The van der Waals surface area contributed by atoms with E-state index in [1.165, 1.54) is 0 Å². The van der Waals surface area contributed by atoms with E-state index < -0.39 is 17.4 Å². The lowest BCUT2D eigenvalue weighted by atomic mass is 9.84. The van der Waals surface area contributed by atoms with Crippen molar-refractivity contribution in [1.82, 2.24) is 5.32 Å². The van der Waals surface area contributed by atoms with Crippen LogP contribution in [-0.4, -0.2) is 29.4 Å². The Balaban J connectivity index is 1.74. The summed E-state index contributed by atoms with van der Waals surface area (Å²) >= 11 is 0. The van der Waals surface area contributed by atoms with Crippen molar-refractivity contribution in [3.8, 4) is 0 Å². The van der Waals surface area contributed by atoms with E-state index in [1.807, 2.05) is 6.92 Å². The van der Waals surface area contributed by atoms with E-state index in [4.69, 9.17) is 5.73 Å². The minimum Gasteiger partial charge on any atom is -0.370 e. The van der Waals surface area contributed by atoms with E-state index >= 15 is 0 Å². The summed E-state index contributed by atoms with van der Waals surface area (Å²) in [7, 11) is 0. The molecule has 0 aromatic rings. The molecule has 0 radical (unpaired) electrons. The van der Waals surface area contributed by atoms with Crippen molar-refractivity contribution >= 4 is 23.4 Å². The van der Waals surface area contributed by atoms with E-state index in [0.29, 0.717) is 5.57 Å². The molecule has 2 fully saturated rings. The Hall–Kier alpha value is -1.98. The average molecular weight is 332 g/mol. The quantitative estimate of drug-likeness (QED) is 0.726. The van der Waals surface area contributed by atoms with Gasteiger partial charge in [-0.25, -0.2) is 0 Å². The number of Topliss-reactive ketones (excluding diaryl/α,β-unsaturated/α-hetero) is 2. The summed E-state index contributed by atoms with van der Waals surface area (Å²) in [6, 6.07) is -0.909. The fraction of sp³-hybridized carbons (Fsp3) is 0.667. The summed E-state index contributed by atoms with van der Waals surface area (Å²) in [6.07, 6.45) is 3.90. The number of nitrogens with two attached hydrogens (primary N) is 1. The van der Waals surface area contributed by atoms with Crippen LogP contribution in [0.3, 0.4) is 0 Å². The first-order chi connectivity index (χ1) is 11.2. The van der Waals surface area contributed by atoms with Crippen LogP contribution in [0.4, 0.5) is 0 Å². The van der Waals surface area contributed by atoms with Crippen molar-refractivity contribution < 1.29 is 19.2 Å². The topological polar surface area (TPSA) is 106 Å². The van der Waals surface area contributed by atoms with E-state index in [9.17, 15) is 19.2 Å². The first-order valence-electron chi connectivity index (χ1n) is 8.61. The zero-order chi connectivity index (χ0) is 17.6. The zero-order valence-corrected chi connectivity index (χ0v) is 14.2. The fourth-order valence-electron chi connectivity index (χ4n) is 3.79. The summed E-state index contributed by atoms with van der Waals surface area (Å²) in [5.74, 6) is -1.15. The average Bonchev–Trinajstić information content (AvgIpc) is 3.40. The third kappa shape index (κ3) is 3.01. The molecular weight excluding hydrogens is 308 g/mol. The highest BCUT2D eigenvalue weighted by Gasteiger charge is 2.51. The summed E-state index contributed by atoms with van der Waals surface area (Å²) in [6.45, 7) is 3.41. The van der Waals surface area contributed by atoms with Gasteiger partial charge in [-0.05, 0) is 39.0 Å². The molecular formula is C18H24N2O4. The van der Waals surface area contributed by atoms with Gasteiger partial charge in [-0.15, -0.1) is 0 Å². The molecule has 2 amide bonds. The number of hydrogen-bond acceptors (Lipinski definition) is 4. The van der Waals surface area contributed by atoms with Crippen LogP contribution in [0, 0.1) is 17.3 Å². The minimum absolute atomic E-state index is 0.0764. The molecule has 0 bridgehead atoms. The maximum absolute atomic E-state index is 12.9. The molecule has 6 heteroatoms. The maximum atomic E-state index is 12.9. The highest BCUT2D eigenvalue weighted by atomic mass is 16.2. The molecule has 3 rings (SSSR count). The lowest BCUT2D eigenvalue weighted by Crippen LogP contribution is -2.46. The van der Waals surface area contributed by atoms with Crippen LogP contribution in [0.1, 0.15) is 52.4 Å². The van der Waals surface area contributed by atoms with Crippen molar-refractivity contribution in [2.75, 3.05) is 0 Å². The number of hydrogen-bond donors (Lipinski definition) is 2. The molecule has 0 saturated heterocycles. The Labute approximate surface area is 141 Å². The lowest BCUT2D eigenvalue weighted by molar-refractivity contribution is -0.131. The van der Waals surface area contributed by atoms with Crippen molar-refractivity contribution in [3.05, 3.63) is 11.1 Å². The number of allylic oxidation sites excluding steroid dienone is 1. The van der Waals surface area contributed by atoms with Crippen LogP contribution in [0.5, 0.6) is 0 Å². The summed E-state index contributed by atoms with van der Waals surface area (Å²) in [5.41, 5.74) is 6.53. The molecule has 0 aromatic heterocycles. The van der Waals surface area contributed by atoms with Gasteiger partial charge in [-0.3, -0.25) is 19.2 Å². The van der Waals surface area contributed by atoms with E-state index in [1.54, 1.807) is 6.92 Å². The molecule has 0 aromatic carbocycles. The molecule has 0 aliphatic heterocycles. The normalized spacial score (nSPS) is 27.8. The second kappa shape index (κ2) is 5.83. The molecule has 2 saturated carbocycles. The molecule has 3 atom stereocenters. The Kier molecular flexibility index (Phi) is 4.10. The summed E-state index contributed by atoms with van der Waals surface area (Å²) in [4.78, 5) is 48.3. The molecule has 3 aliphatic rings. The Bertz CT molecular complexity index is 660. The number of nitrogens with one attached hydrogen (secondary N) is 1. The number of rotatable bonds is 7. The van der Waals surface area contributed by atoms with E-state index in [2.05, 4.69) is 5.32 Å². The molecule has 0 heterocycles. The van der Waals surface area contributed by atoms with Gasteiger partial charge in [0.05, 0.1) is 6.42 Å². The fourth-order valence-corrected chi connectivity index (χ4v) is 3.79. The zero-order valence-electron chi connectivity index (χ0n) is 14.2. The standard InChI is InChI=1S/C18H24N2O4/c1-9(21)10-4-3-5-11-14(10)15(11)16(23)12(8-13(19)22)20-17(24)18(2)6-7-18/h10,12,14H,3-8H2,1-2H3,(H2,19,22)(H,20,24)/t10?,12-,14?/m0/s1. The first kappa shape index (κ1) is 16.9. The summed E-state index contributed by atoms with van der Waals surface area (Å²) < 4.78 is 0. The van der Waals surface area contributed by atoms with Crippen LogP contribution in [0.25, 0.3) is 0 Å². The van der Waals surface area contributed by atoms with Gasteiger partial charge >= 0.3 is 0 Å². The van der Waals surface area contributed by atoms with Gasteiger partial charge in [0.2, 0.25) is 11.8 Å². The number of primary amides is 1. The molecule has 24 heavy (non-hydrogen) atoms. The van der Waals surface area contributed by atoms with E-state index in [0.717, 1.165) is 37.7 Å². The van der Waals surface area contributed by atoms with Gasteiger partial charge < -0.3 is 11.1 Å². The molecule has 3 aliphatic carbocycles. The van der Waals surface area contributed by atoms with Crippen LogP contribution < -0.4 is 11.1 Å². The predicted molar refractivity (Wildman–Crippen MR) is 86.6 cm³/mol. The maximum Gasteiger partial charge on any atom is 0.226 e. The highest BCUT2D eigenvalue weighted by Crippen LogP contribution is 2.53. The molecule has 2 unspecified atom stereocenters. The van der Waals surface area contributed by atoms with Gasteiger partial charge in [0.15, 0.2) is 5.78 Å². The lowest BCUT2D eigenvalue weighted by Gasteiger charge is -2.20. The predicted octanol–water partition coefficient (Wildman–Crippen LogP) is 1.03. The van der Waals surface area contributed by atoms with Gasteiger partial charge in [-0.2, -0.15) is 0 Å². The molecule has 130 valence electrons. The minimum atomic E-state index is -0.909. The monoisotopic (exact) mass is 332 g/mol. The largest absolute Gasteiger partial charge is 0.370 e. The number of carbonyl (C=O) groups excluding carboxylic acids is 4. The van der Waals surface area contributed by atoms with Gasteiger partial charge in [0.1, 0.15) is 11.8 Å². The van der Waals surface area contributed by atoms with Crippen molar-refractivity contribution in [1.29, 1.82) is 0 Å².